The Balaban J connectivity index is 1.96. The molecule has 1 aliphatic rings. The van der Waals surface area contributed by atoms with Crippen LogP contribution in [0.15, 0.2) is 24.3 Å². The van der Waals surface area contributed by atoms with Gasteiger partial charge in [-0.25, -0.2) is 0 Å². The number of carbonyl (C=O) groups is 1. The minimum Gasteiger partial charge on any atom is -0.325 e. The molecule has 136 valence electrons. The van der Waals surface area contributed by atoms with Crippen LogP contribution in [0, 0.1) is 22.7 Å². The van der Waals surface area contributed by atoms with Crippen molar-refractivity contribution in [1.82, 2.24) is 10.2 Å². The molecule has 1 aliphatic heterocycles. The molecule has 1 aromatic rings. The van der Waals surface area contributed by atoms with Gasteiger partial charge in [-0.1, -0.05) is 32.9 Å². The van der Waals surface area contributed by atoms with Crippen LogP contribution in [0.3, 0.4) is 0 Å². The van der Waals surface area contributed by atoms with Gasteiger partial charge in [-0.2, -0.15) is 5.26 Å². The van der Waals surface area contributed by atoms with Crippen molar-refractivity contribution in [3.63, 3.8) is 0 Å². The van der Waals surface area contributed by atoms with E-state index in [1.807, 2.05) is 38.4 Å². The fourth-order valence-electron chi connectivity index (χ4n) is 3.34. The Kier molecular flexibility index (Phi) is 6.21. The molecular weight excluding hydrogens is 312 g/mol. The molecule has 5 nitrogen and oxygen atoms in total. The fraction of sp³-hybridized carbons (Fsp3) is 0.600. The van der Waals surface area contributed by atoms with Crippen molar-refractivity contribution in [2.75, 3.05) is 19.4 Å². The van der Waals surface area contributed by atoms with Crippen molar-refractivity contribution < 1.29 is 4.79 Å². The van der Waals surface area contributed by atoms with E-state index in [4.69, 9.17) is 0 Å². The number of nitrogens with one attached hydrogen (secondary N) is 2. The second-order valence-electron chi connectivity index (χ2n) is 8.49. The van der Waals surface area contributed by atoms with E-state index in [1.54, 1.807) is 0 Å². The number of amides is 1. The van der Waals surface area contributed by atoms with E-state index >= 15 is 0 Å². The highest BCUT2D eigenvalue weighted by Crippen LogP contribution is 2.30. The van der Waals surface area contributed by atoms with E-state index in [9.17, 15) is 10.1 Å². The van der Waals surface area contributed by atoms with Crippen molar-refractivity contribution in [3.8, 4) is 6.07 Å². The third kappa shape index (κ3) is 5.84. The summed E-state index contributed by atoms with van der Waals surface area (Å²) in [4.78, 5) is 14.7. The maximum absolute atomic E-state index is 12.6. The molecule has 1 saturated heterocycles. The molecule has 0 saturated carbocycles. The maximum atomic E-state index is 12.6. The first-order chi connectivity index (χ1) is 11.7. The minimum absolute atomic E-state index is 0.0583. The highest BCUT2D eigenvalue weighted by atomic mass is 16.2. The van der Waals surface area contributed by atoms with E-state index < -0.39 is 0 Å². The standard InChI is InChI=1S/C20H30N4O/c1-20(2,3)11-18-15(12-21)10-17(23-18)19(25)22-16-8-6-14(7-9-16)13-24(4)5/h6-9,15,17-18,23H,10-11,13H2,1-5H3,(H,22,25). The molecule has 25 heavy (non-hydrogen) atoms. The molecule has 0 spiro atoms. The summed E-state index contributed by atoms with van der Waals surface area (Å²) in [6.45, 7) is 7.35. The molecule has 3 atom stereocenters. The van der Waals surface area contributed by atoms with Gasteiger partial charge in [0.25, 0.3) is 0 Å². The molecule has 0 radical (unpaired) electrons. The first-order valence-electron chi connectivity index (χ1n) is 8.88. The Morgan fingerprint density at radius 2 is 1.96 bits per heavy atom. The zero-order chi connectivity index (χ0) is 18.6. The topological polar surface area (TPSA) is 68.2 Å². The van der Waals surface area contributed by atoms with Gasteiger partial charge >= 0.3 is 0 Å². The Morgan fingerprint density at radius 3 is 2.48 bits per heavy atom. The summed E-state index contributed by atoms with van der Waals surface area (Å²) < 4.78 is 0. The normalized spacial score (nSPS) is 23.5. The van der Waals surface area contributed by atoms with Crippen molar-refractivity contribution in [2.45, 2.75) is 52.2 Å². The Bertz CT molecular complexity index is 625. The molecule has 2 N–H and O–H groups in total. The van der Waals surface area contributed by atoms with Crippen LogP contribution in [0.2, 0.25) is 0 Å². The van der Waals surface area contributed by atoms with Gasteiger partial charge in [0.05, 0.1) is 18.0 Å². The quantitative estimate of drug-likeness (QED) is 0.863. The van der Waals surface area contributed by atoms with Crippen molar-refractivity contribution in [1.29, 1.82) is 5.26 Å². The third-order valence-corrected chi connectivity index (χ3v) is 4.43. The van der Waals surface area contributed by atoms with Crippen molar-refractivity contribution in [3.05, 3.63) is 29.8 Å². The van der Waals surface area contributed by atoms with Gasteiger partial charge in [0.15, 0.2) is 0 Å². The molecule has 3 unspecified atom stereocenters. The van der Waals surface area contributed by atoms with Crippen LogP contribution < -0.4 is 10.6 Å². The van der Waals surface area contributed by atoms with Gasteiger partial charge in [0, 0.05) is 18.3 Å². The van der Waals surface area contributed by atoms with E-state index in [2.05, 4.69) is 42.4 Å². The molecule has 1 fully saturated rings. The minimum atomic E-state index is -0.307. The van der Waals surface area contributed by atoms with Gasteiger partial charge < -0.3 is 15.5 Å². The molecule has 1 aromatic carbocycles. The highest BCUT2D eigenvalue weighted by Gasteiger charge is 2.39. The summed E-state index contributed by atoms with van der Waals surface area (Å²) in [5.74, 6) is -0.172. The van der Waals surface area contributed by atoms with Crippen LogP contribution in [0.5, 0.6) is 0 Å². The van der Waals surface area contributed by atoms with Crippen LogP contribution in [0.1, 0.15) is 39.2 Å². The van der Waals surface area contributed by atoms with Gasteiger partial charge in [0.2, 0.25) is 5.91 Å². The highest BCUT2D eigenvalue weighted by molar-refractivity contribution is 5.95. The van der Waals surface area contributed by atoms with Gasteiger partial charge in [-0.15, -0.1) is 0 Å². The van der Waals surface area contributed by atoms with E-state index in [1.165, 1.54) is 5.56 Å². The summed E-state index contributed by atoms with van der Waals surface area (Å²) in [5, 5.41) is 15.7. The predicted molar refractivity (Wildman–Crippen MR) is 101 cm³/mol. The molecule has 0 bridgehead atoms. The smallest absolute Gasteiger partial charge is 0.241 e. The number of hydrogen-bond donors (Lipinski definition) is 2. The lowest BCUT2D eigenvalue weighted by Crippen LogP contribution is -2.40. The predicted octanol–water partition coefficient (Wildman–Crippen LogP) is 2.99. The first kappa shape index (κ1) is 19.4. The van der Waals surface area contributed by atoms with Gasteiger partial charge in [-0.05, 0) is 50.0 Å². The van der Waals surface area contributed by atoms with Crippen LogP contribution >= 0.6 is 0 Å². The van der Waals surface area contributed by atoms with Crippen LogP contribution in [0.25, 0.3) is 0 Å². The second-order valence-corrected chi connectivity index (χ2v) is 8.49. The van der Waals surface area contributed by atoms with Gasteiger partial charge in [0.1, 0.15) is 0 Å². The molecule has 0 aromatic heterocycles. The zero-order valence-electron chi connectivity index (χ0n) is 16.0. The summed E-state index contributed by atoms with van der Waals surface area (Å²) in [5.41, 5.74) is 2.12. The summed E-state index contributed by atoms with van der Waals surface area (Å²) in [6, 6.07) is 10.0. The van der Waals surface area contributed by atoms with E-state index in [-0.39, 0.29) is 29.3 Å². The fourth-order valence-corrected chi connectivity index (χ4v) is 3.34. The Morgan fingerprint density at radius 1 is 1.32 bits per heavy atom. The summed E-state index contributed by atoms with van der Waals surface area (Å²) in [6.07, 6.45) is 1.45. The Labute approximate surface area is 151 Å². The number of hydrogen-bond acceptors (Lipinski definition) is 4. The lowest BCUT2D eigenvalue weighted by Gasteiger charge is -2.25. The van der Waals surface area contributed by atoms with Crippen LogP contribution in [-0.4, -0.2) is 37.0 Å². The van der Waals surface area contributed by atoms with Crippen LogP contribution in [0.4, 0.5) is 5.69 Å². The molecule has 1 amide bonds. The molecule has 1 heterocycles. The first-order valence-corrected chi connectivity index (χ1v) is 8.88. The number of carbonyl (C=O) groups excluding carboxylic acids is 1. The van der Waals surface area contributed by atoms with Gasteiger partial charge in [-0.3, -0.25) is 4.79 Å². The summed E-state index contributed by atoms with van der Waals surface area (Å²) >= 11 is 0. The number of benzene rings is 1. The summed E-state index contributed by atoms with van der Waals surface area (Å²) in [7, 11) is 4.06. The number of nitrogens with zero attached hydrogens (tertiary/aromatic N) is 2. The molecule has 5 heteroatoms. The Hall–Kier alpha value is -1.90. The third-order valence-electron chi connectivity index (χ3n) is 4.43. The lowest BCUT2D eigenvalue weighted by molar-refractivity contribution is -0.117. The van der Waals surface area contributed by atoms with E-state index in [0.717, 1.165) is 18.7 Å². The average molecular weight is 342 g/mol. The molecular formula is C20H30N4O. The average Bonchev–Trinajstić information content (AvgIpc) is 2.89. The van der Waals surface area contributed by atoms with Crippen molar-refractivity contribution >= 4 is 11.6 Å². The largest absolute Gasteiger partial charge is 0.325 e. The zero-order valence-corrected chi connectivity index (χ0v) is 16.0. The number of anilines is 1. The number of nitriles is 1. The second kappa shape index (κ2) is 7.99. The monoisotopic (exact) mass is 342 g/mol. The van der Waals surface area contributed by atoms with E-state index in [0.29, 0.717) is 6.42 Å². The molecule has 0 aliphatic carbocycles. The van der Waals surface area contributed by atoms with Crippen LogP contribution in [-0.2, 0) is 11.3 Å². The van der Waals surface area contributed by atoms with Crippen molar-refractivity contribution in [2.24, 2.45) is 11.3 Å². The SMILES string of the molecule is CN(C)Cc1ccc(NC(=O)C2CC(C#N)C(CC(C)(C)C)N2)cc1. The number of rotatable bonds is 5. The lowest BCUT2D eigenvalue weighted by atomic mass is 9.84. The molecule has 2 rings (SSSR count). The maximum Gasteiger partial charge on any atom is 0.241 e.